The summed E-state index contributed by atoms with van der Waals surface area (Å²) in [6.07, 6.45) is 1.84. The molecule has 5 N–H and O–H groups in total. The van der Waals surface area contributed by atoms with Crippen LogP contribution in [0.2, 0.25) is 0 Å². The number of nitrogens with two attached hydrogens (primary N) is 2. The molecular weight excluding hydrogens is 142 g/mol. The highest BCUT2D eigenvalue weighted by Crippen LogP contribution is 2.13. The summed E-state index contributed by atoms with van der Waals surface area (Å²) in [5.74, 6) is 0.148. The highest BCUT2D eigenvalue weighted by atomic mass is 16.1. The topological polar surface area (TPSA) is 81.1 Å². The first-order valence-electron chi connectivity index (χ1n) is 3.95. The van der Waals surface area contributed by atoms with Crippen LogP contribution in [0.1, 0.15) is 12.8 Å². The molecule has 1 fully saturated rings. The molecule has 0 aromatic heterocycles. The average molecular weight is 157 g/mol. The van der Waals surface area contributed by atoms with Gasteiger partial charge >= 0.3 is 0 Å². The van der Waals surface area contributed by atoms with E-state index in [9.17, 15) is 4.79 Å². The first-order chi connectivity index (χ1) is 5.20. The molecule has 64 valence electrons. The van der Waals surface area contributed by atoms with Gasteiger partial charge in [-0.05, 0) is 31.8 Å². The van der Waals surface area contributed by atoms with Crippen LogP contribution in [0.5, 0.6) is 0 Å². The van der Waals surface area contributed by atoms with Crippen molar-refractivity contribution >= 4 is 5.91 Å². The summed E-state index contributed by atoms with van der Waals surface area (Å²) in [6, 6.07) is -0.458. The lowest BCUT2D eigenvalue weighted by atomic mass is 9.99. The van der Waals surface area contributed by atoms with Gasteiger partial charge < -0.3 is 16.8 Å². The third-order valence-corrected chi connectivity index (χ3v) is 2.12. The second-order valence-corrected chi connectivity index (χ2v) is 3.10. The van der Waals surface area contributed by atoms with Crippen molar-refractivity contribution in [3.05, 3.63) is 0 Å². The minimum absolute atomic E-state index is 0.392. The third kappa shape index (κ3) is 2.48. The van der Waals surface area contributed by atoms with Gasteiger partial charge in [-0.3, -0.25) is 4.79 Å². The van der Waals surface area contributed by atoms with E-state index in [2.05, 4.69) is 5.32 Å². The number of nitrogens with one attached hydrogen (secondary N) is 1. The van der Waals surface area contributed by atoms with E-state index in [-0.39, 0.29) is 0 Å². The minimum atomic E-state index is -0.458. The normalized spacial score (nSPS) is 26.8. The number of hydrogen-bond acceptors (Lipinski definition) is 3. The van der Waals surface area contributed by atoms with Gasteiger partial charge in [-0.15, -0.1) is 0 Å². The molecule has 2 atom stereocenters. The molecule has 0 saturated carbocycles. The van der Waals surface area contributed by atoms with Crippen LogP contribution in [0.15, 0.2) is 0 Å². The molecule has 4 heteroatoms. The summed E-state index contributed by atoms with van der Waals surface area (Å²) < 4.78 is 0. The summed E-state index contributed by atoms with van der Waals surface area (Å²) in [5, 5.41) is 3.21. The Bertz CT molecular complexity index is 143. The van der Waals surface area contributed by atoms with Gasteiger partial charge in [0.05, 0.1) is 6.04 Å². The molecule has 0 spiro atoms. The van der Waals surface area contributed by atoms with Gasteiger partial charge in [-0.1, -0.05) is 0 Å². The van der Waals surface area contributed by atoms with Gasteiger partial charge in [-0.2, -0.15) is 0 Å². The van der Waals surface area contributed by atoms with Crippen molar-refractivity contribution in [3.8, 4) is 0 Å². The lowest BCUT2D eigenvalue weighted by Gasteiger charge is -2.11. The van der Waals surface area contributed by atoms with Crippen molar-refractivity contribution in [3.63, 3.8) is 0 Å². The molecule has 1 heterocycles. The maximum atomic E-state index is 10.6. The van der Waals surface area contributed by atoms with E-state index >= 15 is 0 Å². The summed E-state index contributed by atoms with van der Waals surface area (Å²) in [6.45, 7) is 2.01. The summed E-state index contributed by atoms with van der Waals surface area (Å²) >= 11 is 0. The second-order valence-electron chi connectivity index (χ2n) is 3.10. The van der Waals surface area contributed by atoms with Crippen molar-refractivity contribution in [2.75, 3.05) is 13.1 Å². The van der Waals surface area contributed by atoms with E-state index in [1.165, 1.54) is 0 Å². The molecule has 4 nitrogen and oxygen atoms in total. The van der Waals surface area contributed by atoms with E-state index in [1.54, 1.807) is 0 Å². The van der Waals surface area contributed by atoms with Crippen molar-refractivity contribution in [1.29, 1.82) is 0 Å². The van der Waals surface area contributed by atoms with Crippen molar-refractivity contribution in [2.45, 2.75) is 18.9 Å². The van der Waals surface area contributed by atoms with Crippen LogP contribution >= 0.6 is 0 Å². The van der Waals surface area contributed by atoms with Crippen LogP contribution in [0.3, 0.4) is 0 Å². The van der Waals surface area contributed by atoms with Crippen LogP contribution < -0.4 is 16.8 Å². The van der Waals surface area contributed by atoms with Gasteiger partial charge in [0.15, 0.2) is 0 Å². The van der Waals surface area contributed by atoms with E-state index in [0.717, 1.165) is 25.9 Å². The van der Waals surface area contributed by atoms with Crippen LogP contribution in [0.4, 0.5) is 0 Å². The quantitative estimate of drug-likeness (QED) is 0.481. The Morgan fingerprint density at radius 1 is 1.73 bits per heavy atom. The zero-order valence-corrected chi connectivity index (χ0v) is 6.55. The summed E-state index contributed by atoms with van der Waals surface area (Å²) in [5.41, 5.74) is 10.5. The Morgan fingerprint density at radius 2 is 2.45 bits per heavy atom. The number of carbonyl (C=O) groups excluding carboxylic acids is 1. The molecular formula is C7H15N3O. The van der Waals surface area contributed by atoms with Gasteiger partial charge in [0.25, 0.3) is 0 Å². The van der Waals surface area contributed by atoms with Crippen molar-refractivity contribution in [1.82, 2.24) is 5.32 Å². The predicted octanol–water partition coefficient (Wildman–Crippen LogP) is -1.20. The zero-order chi connectivity index (χ0) is 8.27. The molecule has 1 aliphatic heterocycles. The third-order valence-electron chi connectivity index (χ3n) is 2.12. The average Bonchev–Trinajstić information content (AvgIpc) is 2.39. The molecule has 0 aliphatic carbocycles. The van der Waals surface area contributed by atoms with Crippen LogP contribution in [-0.4, -0.2) is 25.0 Å². The first kappa shape index (κ1) is 8.49. The zero-order valence-electron chi connectivity index (χ0n) is 6.55. The maximum absolute atomic E-state index is 10.6. The predicted molar refractivity (Wildman–Crippen MR) is 42.8 cm³/mol. The van der Waals surface area contributed by atoms with Gasteiger partial charge in [0, 0.05) is 0 Å². The molecule has 1 saturated heterocycles. The highest BCUT2D eigenvalue weighted by molar-refractivity contribution is 5.79. The number of amides is 1. The number of carbonyl (C=O) groups is 1. The first-order valence-corrected chi connectivity index (χ1v) is 3.95. The van der Waals surface area contributed by atoms with Crippen LogP contribution in [-0.2, 0) is 4.79 Å². The summed E-state index contributed by atoms with van der Waals surface area (Å²) in [7, 11) is 0. The number of rotatable bonds is 3. The Kier molecular flexibility index (Phi) is 2.84. The lowest BCUT2D eigenvalue weighted by molar-refractivity contribution is -0.119. The van der Waals surface area contributed by atoms with Crippen molar-refractivity contribution in [2.24, 2.45) is 17.4 Å². The summed E-state index contributed by atoms with van der Waals surface area (Å²) in [4.78, 5) is 10.6. The van der Waals surface area contributed by atoms with Gasteiger partial charge in [0.1, 0.15) is 0 Å². The molecule has 0 aromatic rings. The lowest BCUT2D eigenvalue weighted by Crippen LogP contribution is -2.38. The Balaban J connectivity index is 2.23. The Hall–Kier alpha value is -0.610. The standard InChI is InChI=1S/C7H15N3O/c8-6(7(9)11)3-5-1-2-10-4-5/h5-6,10H,1-4,8H2,(H2,9,11)/t5-,6-/m0/s1. The fraction of sp³-hybridized carbons (Fsp3) is 0.857. The number of primary amides is 1. The smallest absolute Gasteiger partial charge is 0.234 e. The molecule has 1 rings (SSSR count). The number of hydrogen-bond donors (Lipinski definition) is 3. The molecule has 0 bridgehead atoms. The largest absolute Gasteiger partial charge is 0.368 e. The van der Waals surface area contributed by atoms with E-state index in [0.29, 0.717) is 5.92 Å². The van der Waals surface area contributed by atoms with Gasteiger partial charge in [-0.25, -0.2) is 0 Å². The SMILES string of the molecule is NC(=O)[C@@H](N)C[C@@H]1CCNC1. The van der Waals surface area contributed by atoms with Crippen molar-refractivity contribution < 1.29 is 4.79 Å². The monoisotopic (exact) mass is 157 g/mol. The molecule has 1 amide bonds. The fourth-order valence-electron chi connectivity index (χ4n) is 1.39. The molecule has 11 heavy (non-hydrogen) atoms. The highest BCUT2D eigenvalue weighted by Gasteiger charge is 2.19. The minimum Gasteiger partial charge on any atom is -0.368 e. The Morgan fingerprint density at radius 3 is 2.91 bits per heavy atom. The van der Waals surface area contributed by atoms with E-state index in [4.69, 9.17) is 11.5 Å². The van der Waals surface area contributed by atoms with Crippen LogP contribution in [0.25, 0.3) is 0 Å². The second kappa shape index (κ2) is 3.69. The molecule has 0 radical (unpaired) electrons. The molecule has 1 aliphatic rings. The Labute approximate surface area is 66.3 Å². The van der Waals surface area contributed by atoms with E-state index < -0.39 is 11.9 Å². The molecule has 0 unspecified atom stereocenters. The van der Waals surface area contributed by atoms with Crippen LogP contribution in [0, 0.1) is 5.92 Å². The van der Waals surface area contributed by atoms with Gasteiger partial charge in [0.2, 0.25) is 5.91 Å². The fourth-order valence-corrected chi connectivity index (χ4v) is 1.39. The molecule has 0 aromatic carbocycles. The maximum Gasteiger partial charge on any atom is 0.234 e. The van der Waals surface area contributed by atoms with E-state index in [1.807, 2.05) is 0 Å².